The number of H-pyrrole nitrogens is 1. The summed E-state index contributed by atoms with van der Waals surface area (Å²) in [4.78, 5) is 19.5. The number of halogens is 2. The van der Waals surface area contributed by atoms with Gasteiger partial charge in [-0.25, -0.2) is 9.37 Å². The van der Waals surface area contributed by atoms with E-state index in [4.69, 9.17) is 16.3 Å². The average Bonchev–Trinajstić information content (AvgIpc) is 2.68. The zero-order chi connectivity index (χ0) is 18.8. The SMILES string of the molecule is O=c1[nH]c(-c2ccc(OCc3ccc(Cl)cc3F)cc2)nc2ccccc12. The summed E-state index contributed by atoms with van der Waals surface area (Å²) in [5, 5.41) is 0.892. The molecular formula is C21H14ClFN2O2. The number of nitrogens with zero attached hydrogens (tertiary/aromatic N) is 1. The maximum Gasteiger partial charge on any atom is 0.259 e. The molecule has 0 aliphatic heterocycles. The molecular weight excluding hydrogens is 367 g/mol. The van der Waals surface area contributed by atoms with Crippen molar-refractivity contribution in [1.29, 1.82) is 0 Å². The van der Waals surface area contributed by atoms with Crippen LogP contribution in [0, 0.1) is 5.82 Å². The number of hydrogen-bond acceptors (Lipinski definition) is 3. The third-order valence-electron chi connectivity index (χ3n) is 4.15. The highest BCUT2D eigenvalue weighted by molar-refractivity contribution is 6.30. The van der Waals surface area contributed by atoms with E-state index in [1.165, 1.54) is 6.07 Å². The van der Waals surface area contributed by atoms with E-state index in [2.05, 4.69) is 9.97 Å². The lowest BCUT2D eigenvalue weighted by atomic mass is 10.2. The van der Waals surface area contributed by atoms with Crippen molar-refractivity contribution in [2.45, 2.75) is 6.61 Å². The number of hydrogen-bond donors (Lipinski definition) is 1. The Morgan fingerprint density at radius 1 is 1.04 bits per heavy atom. The first-order valence-corrected chi connectivity index (χ1v) is 8.64. The number of ether oxygens (including phenoxy) is 1. The Morgan fingerprint density at radius 2 is 1.81 bits per heavy atom. The second kappa shape index (κ2) is 7.21. The van der Waals surface area contributed by atoms with Crippen molar-refractivity contribution in [1.82, 2.24) is 9.97 Å². The maximum absolute atomic E-state index is 13.8. The van der Waals surface area contributed by atoms with Crippen LogP contribution in [0.5, 0.6) is 5.75 Å². The molecule has 0 radical (unpaired) electrons. The Kier molecular flexibility index (Phi) is 4.60. The molecule has 0 aliphatic rings. The molecule has 1 N–H and O–H groups in total. The van der Waals surface area contributed by atoms with Crippen LogP contribution in [0.2, 0.25) is 5.02 Å². The van der Waals surface area contributed by atoms with Gasteiger partial charge in [-0.2, -0.15) is 0 Å². The summed E-state index contributed by atoms with van der Waals surface area (Å²) in [7, 11) is 0. The van der Waals surface area contributed by atoms with Gasteiger partial charge in [0.05, 0.1) is 10.9 Å². The minimum absolute atomic E-state index is 0.0907. The number of rotatable bonds is 4. The predicted molar refractivity (Wildman–Crippen MR) is 104 cm³/mol. The third-order valence-corrected chi connectivity index (χ3v) is 4.39. The van der Waals surface area contributed by atoms with Gasteiger partial charge < -0.3 is 9.72 Å². The van der Waals surface area contributed by atoms with Crippen molar-refractivity contribution < 1.29 is 9.13 Å². The Labute approximate surface area is 159 Å². The second-order valence-corrected chi connectivity index (χ2v) is 6.42. The maximum atomic E-state index is 13.8. The van der Waals surface area contributed by atoms with Gasteiger partial charge in [0.25, 0.3) is 5.56 Å². The van der Waals surface area contributed by atoms with Crippen LogP contribution in [0.25, 0.3) is 22.3 Å². The Bertz CT molecular complexity index is 1170. The minimum atomic E-state index is -0.406. The van der Waals surface area contributed by atoms with Gasteiger partial charge in [-0.05, 0) is 48.5 Å². The summed E-state index contributed by atoms with van der Waals surface area (Å²) >= 11 is 5.75. The normalized spacial score (nSPS) is 10.9. The molecule has 0 bridgehead atoms. The van der Waals surface area contributed by atoms with E-state index in [0.29, 0.717) is 33.1 Å². The largest absolute Gasteiger partial charge is 0.489 e. The van der Waals surface area contributed by atoms with E-state index in [0.717, 1.165) is 5.56 Å². The number of aromatic amines is 1. The smallest absolute Gasteiger partial charge is 0.259 e. The molecule has 1 aromatic heterocycles. The molecule has 134 valence electrons. The lowest BCUT2D eigenvalue weighted by Gasteiger charge is -2.08. The summed E-state index contributed by atoms with van der Waals surface area (Å²) in [6.45, 7) is 0.0907. The minimum Gasteiger partial charge on any atom is -0.489 e. The average molecular weight is 381 g/mol. The van der Waals surface area contributed by atoms with E-state index in [1.54, 1.807) is 54.6 Å². The van der Waals surface area contributed by atoms with Crippen molar-refractivity contribution in [3.8, 4) is 17.1 Å². The highest BCUT2D eigenvalue weighted by atomic mass is 35.5. The second-order valence-electron chi connectivity index (χ2n) is 5.98. The number of benzene rings is 3. The van der Waals surface area contributed by atoms with Gasteiger partial charge in [0.1, 0.15) is 24.0 Å². The Morgan fingerprint density at radius 3 is 2.59 bits per heavy atom. The molecule has 0 unspecified atom stereocenters. The lowest BCUT2D eigenvalue weighted by molar-refractivity contribution is 0.300. The molecule has 0 aliphatic carbocycles. The van der Waals surface area contributed by atoms with Crippen molar-refractivity contribution in [2.24, 2.45) is 0 Å². The van der Waals surface area contributed by atoms with Crippen molar-refractivity contribution in [3.63, 3.8) is 0 Å². The first-order chi connectivity index (χ1) is 13.1. The van der Waals surface area contributed by atoms with Gasteiger partial charge in [0.2, 0.25) is 0 Å². The third kappa shape index (κ3) is 3.68. The van der Waals surface area contributed by atoms with Crippen LogP contribution in [-0.2, 0) is 6.61 Å². The van der Waals surface area contributed by atoms with Crippen LogP contribution >= 0.6 is 11.6 Å². The molecule has 4 rings (SSSR count). The Balaban J connectivity index is 1.54. The fourth-order valence-electron chi connectivity index (χ4n) is 2.73. The molecule has 4 nitrogen and oxygen atoms in total. The fourth-order valence-corrected chi connectivity index (χ4v) is 2.89. The van der Waals surface area contributed by atoms with Crippen LogP contribution in [0.1, 0.15) is 5.56 Å². The van der Waals surface area contributed by atoms with Gasteiger partial charge in [-0.15, -0.1) is 0 Å². The highest BCUT2D eigenvalue weighted by Gasteiger charge is 2.07. The summed E-state index contributed by atoms with van der Waals surface area (Å²) in [6.07, 6.45) is 0. The monoisotopic (exact) mass is 380 g/mol. The highest BCUT2D eigenvalue weighted by Crippen LogP contribution is 2.22. The standard InChI is InChI=1S/C21H14ClFN2O2/c22-15-8-5-14(18(23)11-15)12-27-16-9-6-13(7-10-16)20-24-19-4-2-1-3-17(19)21(26)25-20/h1-11H,12H2,(H,24,25,26). The summed E-state index contributed by atoms with van der Waals surface area (Å²) in [5.74, 6) is 0.655. The number of nitrogens with one attached hydrogen (secondary N) is 1. The molecule has 3 aromatic carbocycles. The molecule has 6 heteroatoms. The van der Waals surface area contributed by atoms with Crippen molar-refractivity contribution in [3.05, 3.63) is 93.5 Å². The zero-order valence-electron chi connectivity index (χ0n) is 14.1. The van der Waals surface area contributed by atoms with Gasteiger partial charge in [-0.3, -0.25) is 4.79 Å². The summed E-state index contributed by atoms with van der Waals surface area (Å²) < 4.78 is 19.4. The predicted octanol–water partition coefficient (Wildman–Crippen LogP) is 4.96. The first kappa shape index (κ1) is 17.2. The first-order valence-electron chi connectivity index (χ1n) is 8.26. The van der Waals surface area contributed by atoms with Crippen LogP contribution in [0.4, 0.5) is 4.39 Å². The van der Waals surface area contributed by atoms with Gasteiger partial charge in [0, 0.05) is 16.1 Å². The topological polar surface area (TPSA) is 55.0 Å². The lowest BCUT2D eigenvalue weighted by Crippen LogP contribution is -2.09. The number of fused-ring (bicyclic) bond motifs is 1. The van der Waals surface area contributed by atoms with Gasteiger partial charge in [-0.1, -0.05) is 29.8 Å². The van der Waals surface area contributed by atoms with Crippen LogP contribution < -0.4 is 10.3 Å². The zero-order valence-corrected chi connectivity index (χ0v) is 14.8. The number of para-hydroxylation sites is 1. The molecule has 0 amide bonds. The van der Waals surface area contributed by atoms with Crippen LogP contribution in [-0.4, -0.2) is 9.97 Å². The summed E-state index contributed by atoms with van der Waals surface area (Å²) in [6, 6.07) is 18.7. The van der Waals surface area contributed by atoms with Crippen LogP contribution in [0.15, 0.2) is 71.5 Å². The molecule has 1 heterocycles. The van der Waals surface area contributed by atoms with E-state index >= 15 is 0 Å². The van der Waals surface area contributed by atoms with E-state index in [1.807, 2.05) is 6.07 Å². The fraction of sp³-hybridized carbons (Fsp3) is 0.0476. The number of aromatic nitrogens is 2. The quantitative estimate of drug-likeness (QED) is 0.544. The molecule has 27 heavy (non-hydrogen) atoms. The van der Waals surface area contributed by atoms with E-state index in [-0.39, 0.29) is 12.2 Å². The molecule has 0 saturated carbocycles. The molecule has 0 spiro atoms. The van der Waals surface area contributed by atoms with E-state index < -0.39 is 5.82 Å². The molecule has 4 aromatic rings. The van der Waals surface area contributed by atoms with Gasteiger partial charge in [0.15, 0.2) is 0 Å². The van der Waals surface area contributed by atoms with Crippen molar-refractivity contribution >= 4 is 22.5 Å². The molecule has 0 fully saturated rings. The van der Waals surface area contributed by atoms with Gasteiger partial charge >= 0.3 is 0 Å². The van der Waals surface area contributed by atoms with E-state index in [9.17, 15) is 9.18 Å². The van der Waals surface area contributed by atoms with Crippen molar-refractivity contribution in [2.75, 3.05) is 0 Å². The van der Waals surface area contributed by atoms with Crippen LogP contribution in [0.3, 0.4) is 0 Å². The molecule has 0 saturated heterocycles. The Hall–Kier alpha value is -3.18. The molecule has 0 atom stereocenters. The summed E-state index contributed by atoms with van der Waals surface area (Å²) in [5.41, 5.74) is 1.62.